The first-order valence-electron chi connectivity index (χ1n) is 10.7. The summed E-state index contributed by atoms with van der Waals surface area (Å²) < 4.78 is 11.0. The summed E-state index contributed by atoms with van der Waals surface area (Å²) in [5, 5.41) is 0. The van der Waals surface area contributed by atoms with Gasteiger partial charge >= 0.3 is 0 Å². The molecule has 0 saturated carbocycles. The fourth-order valence-electron chi connectivity index (χ4n) is 3.84. The van der Waals surface area contributed by atoms with Crippen LogP contribution in [0.1, 0.15) is 38.0 Å². The molecule has 33 heavy (non-hydrogen) atoms. The van der Waals surface area contributed by atoms with Crippen LogP contribution in [0.15, 0.2) is 72.8 Å². The first kappa shape index (κ1) is 22.1. The third kappa shape index (κ3) is 4.30. The SMILES string of the molecule is CCOc1ccccc1N(CCN1C(=O)c2ccccc2C1=O)C(=O)c1cccc(OC)c1. The van der Waals surface area contributed by atoms with Gasteiger partial charge in [0.15, 0.2) is 0 Å². The van der Waals surface area contributed by atoms with Gasteiger partial charge in [-0.15, -0.1) is 0 Å². The molecule has 3 aromatic carbocycles. The van der Waals surface area contributed by atoms with Crippen molar-refractivity contribution in [3.05, 3.63) is 89.5 Å². The zero-order valence-electron chi connectivity index (χ0n) is 18.5. The van der Waals surface area contributed by atoms with Gasteiger partial charge in [0.1, 0.15) is 11.5 Å². The maximum atomic E-state index is 13.6. The lowest BCUT2D eigenvalue weighted by Crippen LogP contribution is -2.41. The summed E-state index contributed by atoms with van der Waals surface area (Å²) >= 11 is 0. The molecule has 1 heterocycles. The van der Waals surface area contributed by atoms with Gasteiger partial charge in [-0.1, -0.05) is 30.3 Å². The highest BCUT2D eigenvalue weighted by Crippen LogP contribution is 2.30. The summed E-state index contributed by atoms with van der Waals surface area (Å²) in [6.45, 7) is 2.44. The molecule has 0 bridgehead atoms. The molecule has 3 amide bonds. The van der Waals surface area contributed by atoms with Crippen LogP contribution in [0.3, 0.4) is 0 Å². The number of amides is 3. The van der Waals surface area contributed by atoms with E-state index in [4.69, 9.17) is 9.47 Å². The number of ether oxygens (including phenoxy) is 2. The Labute approximate surface area is 192 Å². The highest BCUT2D eigenvalue weighted by Gasteiger charge is 2.35. The predicted octanol–water partition coefficient (Wildman–Crippen LogP) is 4.04. The number of para-hydroxylation sites is 2. The van der Waals surface area contributed by atoms with Crippen LogP contribution in [0.4, 0.5) is 5.69 Å². The van der Waals surface area contributed by atoms with Crippen LogP contribution in [0.25, 0.3) is 0 Å². The molecule has 3 aromatic rings. The highest BCUT2D eigenvalue weighted by atomic mass is 16.5. The van der Waals surface area contributed by atoms with E-state index in [0.717, 1.165) is 0 Å². The maximum Gasteiger partial charge on any atom is 0.261 e. The van der Waals surface area contributed by atoms with Gasteiger partial charge in [-0.3, -0.25) is 19.3 Å². The highest BCUT2D eigenvalue weighted by molar-refractivity contribution is 6.21. The molecule has 0 saturated heterocycles. The number of hydrogen-bond donors (Lipinski definition) is 0. The Hall–Kier alpha value is -4.13. The number of anilines is 1. The monoisotopic (exact) mass is 444 g/mol. The van der Waals surface area contributed by atoms with Gasteiger partial charge in [-0.05, 0) is 49.4 Å². The maximum absolute atomic E-state index is 13.6. The fourth-order valence-corrected chi connectivity index (χ4v) is 3.84. The summed E-state index contributed by atoms with van der Waals surface area (Å²) in [5.41, 5.74) is 1.73. The van der Waals surface area contributed by atoms with E-state index in [0.29, 0.717) is 40.5 Å². The molecule has 1 aliphatic rings. The first-order chi connectivity index (χ1) is 16.0. The molecule has 7 nitrogen and oxygen atoms in total. The Morgan fingerprint density at radius 2 is 1.58 bits per heavy atom. The number of carbonyl (C=O) groups is 3. The molecule has 0 aromatic heterocycles. The second-order valence-electron chi connectivity index (χ2n) is 7.40. The van der Waals surface area contributed by atoms with Crippen LogP contribution in [0, 0.1) is 0 Å². The van der Waals surface area contributed by atoms with Crippen molar-refractivity contribution in [3.63, 3.8) is 0 Å². The first-order valence-corrected chi connectivity index (χ1v) is 10.7. The number of fused-ring (bicyclic) bond motifs is 1. The molecule has 0 N–H and O–H groups in total. The van der Waals surface area contributed by atoms with Crippen molar-refractivity contribution in [2.24, 2.45) is 0 Å². The Morgan fingerprint density at radius 3 is 2.24 bits per heavy atom. The van der Waals surface area contributed by atoms with E-state index in [1.54, 1.807) is 60.7 Å². The molecule has 0 atom stereocenters. The zero-order valence-corrected chi connectivity index (χ0v) is 18.5. The fraction of sp³-hybridized carbons (Fsp3) is 0.192. The molecule has 1 aliphatic heterocycles. The molecule has 0 aliphatic carbocycles. The molecular formula is C26H24N2O5. The number of nitrogens with zero attached hydrogens (tertiary/aromatic N) is 2. The Morgan fingerprint density at radius 1 is 0.909 bits per heavy atom. The minimum absolute atomic E-state index is 0.0442. The number of imide groups is 1. The van der Waals surface area contributed by atoms with Crippen molar-refractivity contribution < 1.29 is 23.9 Å². The predicted molar refractivity (Wildman–Crippen MR) is 124 cm³/mol. The van der Waals surface area contributed by atoms with Crippen molar-refractivity contribution in [1.82, 2.24) is 4.90 Å². The van der Waals surface area contributed by atoms with E-state index in [9.17, 15) is 14.4 Å². The lowest BCUT2D eigenvalue weighted by atomic mass is 10.1. The van der Waals surface area contributed by atoms with Gasteiger partial charge in [-0.25, -0.2) is 0 Å². The second-order valence-corrected chi connectivity index (χ2v) is 7.40. The number of rotatable bonds is 8. The lowest BCUT2D eigenvalue weighted by Gasteiger charge is -2.27. The Kier molecular flexibility index (Phi) is 6.40. The third-order valence-corrected chi connectivity index (χ3v) is 5.44. The van der Waals surface area contributed by atoms with E-state index in [1.165, 1.54) is 16.9 Å². The Balaban J connectivity index is 1.66. The van der Waals surface area contributed by atoms with Crippen LogP contribution in [-0.2, 0) is 0 Å². The van der Waals surface area contributed by atoms with Gasteiger partial charge < -0.3 is 14.4 Å². The van der Waals surface area contributed by atoms with Gasteiger partial charge in [0.25, 0.3) is 17.7 Å². The quantitative estimate of drug-likeness (QED) is 0.490. The van der Waals surface area contributed by atoms with E-state index in [-0.39, 0.29) is 30.8 Å². The number of methoxy groups -OCH3 is 1. The normalized spacial score (nSPS) is 12.5. The summed E-state index contributed by atoms with van der Waals surface area (Å²) in [4.78, 5) is 41.9. The van der Waals surface area contributed by atoms with Crippen molar-refractivity contribution >= 4 is 23.4 Å². The van der Waals surface area contributed by atoms with E-state index >= 15 is 0 Å². The molecule has 0 unspecified atom stereocenters. The van der Waals surface area contributed by atoms with E-state index < -0.39 is 0 Å². The molecular weight excluding hydrogens is 420 g/mol. The molecule has 0 fully saturated rings. The van der Waals surface area contributed by atoms with Crippen LogP contribution >= 0.6 is 0 Å². The lowest BCUT2D eigenvalue weighted by molar-refractivity contribution is 0.0654. The van der Waals surface area contributed by atoms with Gasteiger partial charge in [0.2, 0.25) is 0 Å². The number of benzene rings is 3. The van der Waals surface area contributed by atoms with Gasteiger partial charge in [0.05, 0.1) is 30.5 Å². The van der Waals surface area contributed by atoms with Crippen LogP contribution in [0.2, 0.25) is 0 Å². The minimum Gasteiger partial charge on any atom is -0.497 e. The number of carbonyl (C=O) groups excluding carboxylic acids is 3. The van der Waals surface area contributed by atoms with E-state index in [2.05, 4.69) is 0 Å². The topological polar surface area (TPSA) is 76.2 Å². The second kappa shape index (κ2) is 9.56. The minimum atomic E-state index is -0.359. The van der Waals surface area contributed by atoms with Crippen molar-refractivity contribution in [1.29, 1.82) is 0 Å². The summed E-state index contributed by atoms with van der Waals surface area (Å²) in [6, 6.07) is 20.8. The molecule has 168 valence electrons. The third-order valence-electron chi connectivity index (χ3n) is 5.44. The van der Waals surface area contributed by atoms with Gasteiger partial charge in [0, 0.05) is 18.7 Å². The number of hydrogen-bond acceptors (Lipinski definition) is 5. The average molecular weight is 444 g/mol. The van der Waals surface area contributed by atoms with Crippen molar-refractivity contribution in [2.45, 2.75) is 6.92 Å². The Bertz CT molecular complexity index is 1170. The molecule has 0 spiro atoms. The molecule has 0 radical (unpaired) electrons. The van der Waals surface area contributed by atoms with Gasteiger partial charge in [-0.2, -0.15) is 0 Å². The molecule has 4 rings (SSSR count). The van der Waals surface area contributed by atoms with Crippen molar-refractivity contribution in [3.8, 4) is 11.5 Å². The summed E-state index contributed by atoms with van der Waals surface area (Å²) in [6.07, 6.45) is 0. The zero-order chi connectivity index (χ0) is 23.4. The summed E-state index contributed by atoms with van der Waals surface area (Å²) in [5.74, 6) is 0.0838. The average Bonchev–Trinajstić information content (AvgIpc) is 3.10. The standard InChI is InChI=1S/C26H24N2O5/c1-3-33-23-14-7-6-13-22(23)27(24(29)18-9-8-10-19(17-18)32-2)15-16-28-25(30)20-11-4-5-12-21(20)26(28)31/h4-14,17H,3,15-16H2,1-2H3. The molecule has 7 heteroatoms. The smallest absolute Gasteiger partial charge is 0.261 e. The summed E-state index contributed by atoms with van der Waals surface area (Å²) in [7, 11) is 1.54. The van der Waals surface area contributed by atoms with Crippen LogP contribution < -0.4 is 14.4 Å². The van der Waals surface area contributed by atoms with Crippen LogP contribution in [0.5, 0.6) is 11.5 Å². The largest absolute Gasteiger partial charge is 0.497 e. The van der Waals surface area contributed by atoms with Crippen molar-refractivity contribution in [2.75, 3.05) is 31.7 Å². The van der Waals surface area contributed by atoms with E-state index in [1.807, 2.05) is 19.1 Å². The van der Waals surface area contributed by atoms with Crippen LogP contribution in [-0.4, -0.2) is 49.4 Å².